The molecule has 1 aliphatic carbocycles. The van der Waals surface area contributed by atoms with Crippen molar-refractivity contribution in [2.75, 3.05) is 0 Å². The van der Waals surface area contributed by atoms with Gasteiger partial charge in [-0.2, -0.15) is 0 Å². The molecule has 1 aliphatic rings. The highest BCUT2D eigenvalue weighted by atomic mass is 28.4. The number of carbonyl (C=O) groups is 1. The van der Waals surface area contributed by atoms with Gasteiger partial charge in [-0.3, -0.25) is 0 Å². The molecule has 4 nitrogen and oxygen atoms in total. The van der Waals surface area contributed by atoms with Crippen LogP contribution in [0.15, 0.2) is 0 Å². The van der Waals surface area contributed by atoms with Crippen molar-refractivity contribution >= 4 is 14.4 Å². The zero-order valence-electron chi connectivity index (χ0n) is 12.5. The summed E-state index contributed by atoms with van der Waals surface area (Å²) in [5, 5.41) is 0.199. The van der Waals surface area contributed by atoms with Gasteiger partial charge in [0.1, 0.15) is 6.10 Å². The number of nitrogens with two attached hydrogens (primary N) is 1. The molecule has 0 aliphatic heterocycles. The van der Waals surface area contributed by atoms with Gasteiger partial charge in [0.2, 0.25) is 0 Å². The lowest BCUT2D eigenvalue weighted by Crippen LogP contribution is -2.58. The zero-order chi connectivity index (χ0) is 14.2. The number of ether oxygens (including phenoxy) is 1. The van der Waals surface area contributed by atoms with E-state index in [0.717, 1.165) is 19.3 Å². The first-order valence-corrected chi connectivity index (χ1v) is 9.58. The summed E-state index contributed by atoms with van der Waals surface area (Å²) < 4.78 is 11.5. The van der Waals surface area contributed by atoms with Gasteiger partial charge < -0.3 is 14.9 Å². The molecular weight excluding hydrogens is 246 g/mol. The molecule has 1 fully saturated rings. The molecule has 0 saturated heterocycles. The first kappa shape index (κ1) is 15.5. The fourth-order valence-corrected chi connectivity index (χ4v) is 3.86. The molecular formula is C13H27NO3Si. The normalized spacial score (nSPS) is 28.7. The van der Waals surface area contributed by atoms with Crippen LogP contribution in [-0.4, -0.2) is 26.1 Å². The Hall–Kier alpha value is -0.553. The smallest absolute Gasteiger partial charge is 0.404 e. The average molecular weight is 273 g/mol. The number of rotatable bonds is 4. The molecule has 0 heterocycles. The monoisotopic (exact) mass is 273 g/mol. The molecule has 2 N–H and O–H groups in total. The minimum atomic E-state index is -1.77. The lowest BCUT2D eigenvalue weighted by Gasteiger charge is -2.52. The summed E-state index contributed by atoms with van der Waals surface area (Å²) in [6, 6.07) is 0. The van der Waals surface area contributed by atoms with Crippen molar-refractivity contribution in [3.8, 4) is 0 Å². The maximum Gasteiger partial charge on any atom is 0.404 e. The number of hydrogen-bond acceptors (Lipinski definition) is 3. The lowest BCUT2D eigenvalue weighted by atomic mass is 9.76. The molecule has 1 amide bonds. The fraction of sp³-hybridized carbons (Fsp3) is 0.923. The van der Waals surface area contributed by atoms with Crippen molar-refractivity contribution in [2.24, 2.45) is 5.73 Å². The Morgan fingerprint density at radius 2 is 1.89 bits per heavy atom. The average Bonchev–Trinajstić information content (AvgIpc) is 2.10. The van der Waals surface area contributed by atoms with Gasteiger partial charge in [0.25, 0.3) is 0 Å². The zero-order valence-corrected chi connectivity index (χ0v) is 13.5. The molecule has 18 heavy (non-hydrogen) atoms. The van der Waals surface area contributed by atoms with Crippen LogP contribution in [0.2, 0.25) is 18.1 Å². The predicted octanol–water partition coefficient (Wildman–Crippen LogP) is 3.41. The Kier molecular flexibility index (Phi) is 4.18. The largest absolute Gasteiger partial charge is 0.446 e. The van der Waals surface area contributed by atoms with E-state index in [2.05, 4.69) is 40.8 Å². The predicted molar refractivity (Wildman–Crippen MR) is 75.0 cm³/mol. The van der Waals surface area contributed by atoms with Crippen molar-refractivity contribution in [3.05, 3.63) is 0 Å². The number of amides is 1. The number of carbonyl (C=O) groups excluding carboxylic acids is 1. The van der Waals surface area contributed by atoms with Crippen LogP contribution >= 0.6 is 0 Å². The maximum absolute atomic E-state index is 10.7. The van der Waals surface area contributed by atoms with E-state index in [4.69, 9.17) is 14.9 Å². The van der Waals surface area contributed by atoms with Gasteiger partial charge in [-0.1, -0.05) is 27.7 Å². The van der Waals surface area contributed by atoms with Crippen LogP contribution in [-0.2, 0) is 9.16 Å². The third-order valence-electron chi connectivity index (χ3n) is 4.40. The summed E-state index contributed by atoms with van der Waals surface area (Å²) in [7, 11) is -1.77. The Morgan fingerprint density at radius 1 is 1.39 bits per heavy atom. The summed E-state index contributed by atoms with van der Waals surface area (Å²) >= 11 is 0. The molecule has 0 radical (unpaired) electrons. The highest BCUT2D eigenvalue weighted by Crippen LogP contribution is 2.47. The Morgan fingerprint density at radius 3 is 2.22 bits per heavy atom. The van der Waals surface area contributed by atoms with Crippen LogP contribution in [0.5, 0.6) is 0 Å². The van der Waals surface area contributed by atoms with E-state index in [9.17, 15) is 4.79 Å². The first-order chi connectivity index (χ1) is 8.01. The molecule has 0 spiro atoms. The maximum atomic E-state index is 10.7. The molecule has 5 heteroatoms. The van der Waals surface area contributed by atoms with Gasteiger partial charge in [0.05, 0.1) is 5.60 Å². The van der Waals surface area contributed by atoms with E-state index in [1.165, 1.54) is 0 Å². The van der Waals surface area contributed by atoms with Crippen LogP contribution in [0, 0.1) is 0 Å². The molecule has 0 aromatic rings. The molecule has 1 saturated carbocycles. The molecule has 0 aromatic heterocycles. The topological polar surface area (TPSA) is 61.6 Å². The van der Waals surface area contributed by atoms with Crippen LogP contribution in [0.4, 0.5) is 4.79 Å². The summed E-state index contributed by atoms with van der Waals surface area (Å²) in [6.45, 7) is 13.4. The summed E-state index contributed by atoms with van der Waals surface area (Å²) in [4.78, 5) is 10.7. The third kappa shape index (κ3) is 3.26. The van der Waals surface area contributed by atoms with Gasteiger partial charge >= 0.3 is 6.09 Å². The number of hydrogen-bond donors (Lipinski definition) is 1. The van der Waals surface area contributed by atoms with Gasteiger partial charge in [0, 0.05) is 12.8 Å². The standard InChI is InChI=1S/C13H27NO3Si/c1-7-13(8-10(9-13)16-11(14)15)17-18(5,6)12(2,3)4/h10H,7-9H2,1-6H3,(H2,14,15). The SMILES string of the molecule is CCC1(O[Si](C)(C)C(C)(C)C)CC(OC(N)=O)C1. The van der Waals surface area contributed by atoms with E-state index < -0.39 is 14.4 Å². The second-order valence-corrected chi connectivity index (χ2v) is 11.6. The minimum Gasteiger partial charge on any atom is -0.446 e. The molecule has 0 unspecified atom stereocenters. The summed E-state index contributed by atoms with van der Waals surface area (Å²) in [6.07, 6.45) is 1.76. The second-order valence-electron chi connectivity index (χ2n) is 6.87. The van der Waals surface area contributed by atoms with Crippen LogP contribution < -0.4 is 5.73 Å². The van der Waals surface area contributed by atoms with Crippen molar-refractivity contribution in [2.45, 2.75) is 76.8 Å². The Bertz CT molecular complexity index is 317. The quantitative estimate of drug-likeness (QED) is 0.798. The molecule has 0 bridgehead atoms. The molecule has 1 rings (SSSR count). The number of primary amides is 1. The van der Waals surface area contributed by atoms with Crippen molar-refractivity contribution in [3.63, 3.8) is 0 Å². The molecule has 0 aromatic carbocycles. The van der Waals surface area contributed by atoms with E-state index in [1.807, 2.05) is 0 Å². The second kappa shape index (κ2) is 4.85. The van der Waals surface area contributed by atoms with Gasteiger partial charge in [-0.25, -0.2) is 4.79 Å². The fourth-order valence-electron chi connectivity index (χ4n) is 2.16. The first-order valence-electron chi connectivity index (χ1n) is 6.68. The highest BCUT2D eigenvalue weighted by Gasteiger charge is 2.51. The van der Waals surface area contributed by atoms with E-state index in [1.54, 1.807) is 0 Å². The highest BCUT2D eigenvalue weighted by molar-refractivity contribution is 6.74. The van der Waals surface area contributed by atoms with E-state index in [-0.39, 0.29) is 16.7 Å². The Labute approximate surface area is 111 Å². The molecule has 0 atom stereocenters. The van der Waals surface area contributed by atoms with E-state index in [0.29, 0.717) is 0 Å². The van der Waals surface area contributed by atoms with Crippen LogP contribution in [0.25, 0.3) is 0 Å². The van der Waals surface area contributed by atoms with E-state index >= 15 is 0 Å². The molecule has 106 valence electrons. The third-order valence-corrected chi connectivity index (χ3v) is 8.96. The van der Waals surface area contributed by atoms with Crippen molar-refractivity contribution in [1.82, 2.24) is 0 Å². The summed E-state index contributed by atoms with van der Waals surface area (Å²) in [5.74, 6) is 0. The van der Waals surface area contributed by atoms with Crippen molar-refractivity contribution < 1.29 is 14.0 Å². The van der Waals surface area contributed by atoms with Crippen LogP contribution in [0.3, 0.4) is 0 Å². The van der Waals surface area contributed by atoms with Crippen LogP contribution in [0.1, 0.15) is 47.0 Å². The Balaban J connectivity index is 2.63. The van der Waals surface area contributed by atoms with Gasteiger partial charge in [-0.05, 0) is 24.6 Å². The van der Waals surface area contributed by atoms with Gasteiger partial charge in [0.15, 0.2) is 8.32 Å². The van der Waals surface area contributed by atoms with Gasteiger partial charge in [-0.15, -0.1) is 0 Å². The summed E-state index contributed by atoms with van der Waals surface area (Å²) in [5.41, 5.74) is 4.93. The lowest BCUT2D eigenvalue weighted by molar-refractivity contribution is -0.106. The minimum absolute atomic E-state index is 0.0628. The van der Waals surface area contributed by atoms with Crippen molar-refractivity contribution in [1.29, 1.82) is 0 Å².